The van der Waals surface area contributed by atoms with E-state index >= 15 is 0 Å². The van der Waals surface area contributed by atoms with Crippen molar-refractivity contribution in [2.75, 3.05) is 6.61 Å². The van der Waals surface area contributed by atoms with Crippen LogP contribution in [0.2, 0.25) is 0 Å². The average molecular weight is 294 g/mol. The summed E-state index contributed by atoms with van der Waals surface area (Å²) in [6.07, 6.45) is 2.01. The molecule has 0 aliphatic rings. The van der Waals surface area contributed by atoms with Crippen LogP contribution in [0.4, 0.5) is 0 Å². The first-order valence-corrected chi connectivity index (χ1v) is 7.29. The van der Waals surface area contributed by atoms with E-state index in [9.17, 15) is 4.79 Å². The highest BCUT2D eigenvalue weighted by atomic mass is 16.5. The molecule has 2 aromatic carbocycles. The second-order valence-electron chi connectivity index (χ2n) is 5.59. The molecule has 0 saturated heterocycles. The number of aryl methyl sites for hydroxylation is 1. The SMILES string of the molecule is CC(C)=CCOc1ccc2c(oc(=O)c3ccccc32)c1C. The standard InChI is InChI=1S/C19H18O3/c1-12(2)10-11-21-17-9-8-15-14-6-4-5-7-16(14)19(20)22-18(15)13(17)3/h4-10H,11H2,1-3H3. The van der Waals surface area contributed by atoms with Gasteiger partial charge in [0.15, 0.2) is 0 Å². The number of ether oxygens (including phenoxy) is 1. The lowest BCUT2D eigenvalue weighted by atomic mass is 10.0. The van der Waals surface area contributed by atoms with Crippen LogP contribution in [0.15, 0.2) is 57.3 Å². The smallest absolute Gasteiger partial charge is 0.344 e. The third kappa shape index (κ3) is 2.50. The van der Waals surface area contributed by atoms with Crippen molar-refractivity contribution in [1.82, 2.24) is 0 Å². The maximum absolute atomic E-state index is 12.1. The van der Waals surface area contributed by atoms with Gasteiger partial charge in [-0.15, -0.1) is 0 Å². The van der Waals surface area contributed by atoms with Crippen LogP contribution in [0.1, 0.15) is 19.4 Å². The van der Waals surface area contributed by atoms with Gasteiger partial charge in [0.05, 0.1) is 5.39 Å². The van der Waals surface area contributed by atoms with Gasteiger partial charge in [-0.05, 0) is 50.4 Å². The van der Waals surface area contributed by atoms with Crippen molar-refractivity contribution in [2.24, 2.45) is 0 Å². The van der Waals surface area contributed by atoms with Crippen molar-refractivity contribution in [3.63, 3.8) is 0 Å². The molecular formula is C19H18O3. The maximum atomic E-state index is 12.1. The van der Waals surface area contributed by atoms with Crippen LogP contribution in [-0.4, -0.2) is 6.61 Å². The van der Waals surface area contributed by atoms with Crippen molar-refractivity contribution in [3.8, 4) is 5.75 Å². The van der Waals surface area contributed by atoms with Gasteiger partial charge in [-0.1, -0.05) is 23.8 Å². The van der Waals surface area contributed by atoms with Gasteiger partial charge >= 0.3 is 5.63 Å². The van der Waals surface area contributed by atoms with E-state index in [2.05, 4.69) is 0 Å². The van der Waals surface area contributed by atoms with Gasteiger partial charge in [-0.25, -0.2) is 4.79 Å². The van der Waals surface area contributed by atoms with Crippen LogP contribution in [0.3, 0.4) is 0 Å². The Balaban J connectivity index is 2.17. The molecule has 3 aromatic rings. The molecule has 0 saturated carbocycles. The molecule has 0 spiro atoms. The highest BCUT2D eigenvalue weighted by Gasteiger charge is 2.12. The zero-order valence-electron chi connectivity index (χ0n) is 13.0. The molecule has 3 heteroatoms. The Morgan fingerprint density at radius 3 is 2.55 bits per heavy atom. The summed E-state index contributed by atoms with van der Waals surface area (Å²) in [5.41, 5.74) is 2.34. The predicted octanol–water partition coefficient (Wildman–Crippen LogP) is 4.60. The Hall–Kier alpha value is -2.55. The molecule has 3 nitrogen and oxygen atoms in total. The number of fused-ring (bicyclic) bond motifs is 3. The van der Waals surface area contributed by atoms with E-state index in [1.54, 1.807) is 6.07 Å². The summed E-state index contributed by atoms with van der Waals surface area (Å²) in [6, 6.07) is 11.4. The quantitative estimate of drug-likeness (QED) is 0.402. The lowest BCUT2D eigenvalue weighted by Gasteiger charge is -2.10. The van der Waals surface area contributed by atoms with Crippen LogP contribution in [0.25, 0.3) is 21.7 Å². The lowest BCUT2D eigenvalue weighted by molar-refractivity contribution is 0.359. The summed E-state index contributed by atoms with van der Waals surface area (Å²) in [6.45, 7) is 6.48. The Morgan fingerprint density at radius 1 is 1.09 bits per heavy atom. The Bertz CT molecular complexity index is 928. The average Bonchev–Trinajstić information content (AvgIpc) is 2.50. The van der Waals surface area contributed by atoms with Crippen molar-refractivity contribution < 1.29 is 9.15 Å². The normalized spacial score (nSPS) is 10.9. The molecule has 0 aliphatic carbocycles. The topological polar surface area (TPSA) is 39.4 Å². The third-order valence-electron chi connectivity index (χ3n) is 3.72. The van der Waals surface area contributed by atoms with E-state index in [4.69, 9.17) is 9.15 Å². The Kier molecular flexibility index (Phi) is 3.72. The molecule has 0 aliphatic heterocycles. The Labute approximate surface area is 128 Å². The fourth-order valence-corrected chi connectivity index (χ4v) is 2.52. The zero-order chi connectivity index (χ0) is 15.7. The summed E-state index contributed by atoms with van der Waals surface area (Å²) in [5.74, 6) is 0.739. The summed E-state index contributed by atoms with van der Waals surface area (Å²) in [4.78, 5) is 12.1. The molecule has 3 rings (SSSR count). The molecule has 1 heterocycles. The van der Waals surface area contributed by atoms with E-state index in [0.717, 1.165) is 22.1 Å². The molecule has 0 unspecified atom stereocenters. The molecular weight excluding hydrogens is 276 g/mol. The van der Waals surface area contributed by atoms with Crippen LogP contribution in [0, 0.1) is 6.92 Å². The van der Waals surface area contributed by atoms with E-state index in [1.165, 1.54) is 5.57 Å². The summed E-state index contributed by atoms with van der Waals surface area (Å²) < 4.78 is 11.3. The molecule has 0 N–H and O–H groups in total. The molecule has 0 atom stereocenters. The largest absolute Gasteiger partial charge is 0.489 e. The van der Waals surface area contributed by atoms with Crippen molar-refractivity contribution in [1.29, 1.82) is 0 Å². The first-order valence-electron chi connectivity index (χ1n) is 7.29. The Morgan fingerprint density at radius 2 is 1.82 bits per heavy atom. The van der Waals surface area contributed by atoms with Crippen LogP contribution >= 0.6 is 0 Å². The number of benzene rings is 2. The number of rotatable bonds is 3. The molecule has 0 amide bonds. The number of hydrogen-bond donors (Lipinski definition) is 0. The molecule has 0 bridgehead atoms. The minimum Gasteiger partial charge on any atom is -0.489 e. The lowest BCUT2D eigenvalue weighted by Crippen LogP contribution is -2.02. The van der Waals surface area contributed by atoms with Gasteiger partial charge in [0.2, 0.25) is 0 Å². The summed E-state index contributed by atoms with van der Waals surface area (Å²) in [5, 5.41) is 2.45. The minimum atomic E-state index is -0.312. The molecule has 1 aromatic heterocycles. The van der Waals surface area contributed by atoms with Gasteiger partial charge in [-0.2, -0.15) is 0 Å². The van der Waals surface area contributed by atoms with Crippen LogP contribution < -0.4 is 10.4 Å². The summed E-state index contributed by atoms with van der Waals surface area (Å²) >= 11 is 0. The van der Waals surface area contributed by atoms with Crippen molar-refractivity contribution in [3.05, 3.63) is 64.0 Å². The number of hydrogen-bond acceptors (Lipinski definition) is 3. The predicted molar refractivity (Wildman–Crippen MR) is 89.7 cm³/mol. The zero-order valence-corrected chi connectivity index (χ0v) is 13.0. The van der Waals surface area contributed by atoms with E-state index in [1.807, 2.05) is 57.2 Å². The van der Waals surface area contributed by atoms with Crippen LogP contribution in [-0.2, 0) is 0 Å². The third-order valence-corrected chi connectivity index (χ3v) is 3.72. The van der Waals surface area contributed by atoms with Gasteiger partial charge < -0.3 is 9.15 Å². The number of allylic oxidation sites excluding steroid dienone is 1. The van der Waals surface area contributed by atoms with Crippen LogP contribution in [0.5, 0.6) is 5.75 Å². The fourth-order valence-electron chi connectivity index (χ4n) is 2.52. The summed E-state index contributed by atoms with van der Waals surface area (Å²) in [7, 11) is 0. The molecule has 22 heavy (non-hydrogen) atoms. The highest BCUT2D eigenvalue weighted by Crippen LogP contribution is 2.30. The van der Waals surface area contributed by atoms with Gasteiger partial charge in [-0.3, -0.25) is 0 Å². The first-order chi connectivity index (χ1) is 10.6. The van der Waals surface area contributed by atoms with Crippen molar-refractivity contribution >= 4 is 21.7 Å². The maximum Gasteiger partial charge on any atom is 0.344 e. The highest BCUT2D eigenvalue weighted by molar-refractivity contribution is 6.05. The van der Waals surface area contributed by atoms with E-state index in [-0.39, 0.29) is 5.63 Å². The van der Waals surface area contributed by atoms with Gasteiger partial charge in [0.1, 0.15) is 17.9 Å². The second kappa shape index (κ2) is 5.68. The van der Waals surface area contributed by atoms with E-state index in [0.29, 0.717) is 17.6 Å². The van der Waals surface area contributed by atoms with Gasteiger partial charge in [0, 0.05) is 10.9 Å². The minimum absolute atomic E-state index is 0.312. The second-order valence-corrected chi connectivity index (χ2v) is 5.59. The first kappa shape index (κ1) is 14.4. The molecule has 0 fully saturated rings. The molecule has 0 radical (unpaired) electrons. The van der Waals surface area contributed by atoms with Crippen molar-refractivity contribution in [2.45, 2.75) is 20.8 Å². The fraction of sp³-hybridized carbons (Fsp3) is 0.211. The monoisotopic (exact) mass is 294 g/mol. The molecule has 112 valence electrons. The van der Waals surface area contributed by atoms with E-state index < -0.39 is 0 Å². The van der Waals surface area contributed by atoms with Gasteiger partial charge in [0.25, 0.3) is 0 Å².